The number of rotatable bonds is 6. The fourth-order valence-electron chi connectivity index (χ4n) is 3.25. The van der Waals surface area contributed by atoms with Crippen molar-refractivity contribution in [2.75, 3.05) is 26.2 Å². The average molecular weight is 347 g/mol. The molecular formula is C20H23F2NO2. The van der Waals surface area contributed by atoms with Crippen molar-refractivity contribution >= 4 is 0 Å². The van der Waals surface area contributed by atoms with Crippen molar-refractivity contribution < 1.29 is 18.6 Å². The number of benzene rings is 2. The van der Waals surface area contributed by atoms with Crippen LogP contribution in [0.4, 0.5) is 8.78 Å². The number of aliphatic hydroxyl groups excluding tert-OH is 1. The zero-order valence-corrected chi connectivity index (χ0v) is 14.1. The molecule has 2 aromatic rings. The molecule has 2 aromatic carbocycles. The molecule has 1 N–H and O–H groups in total. The van der Waals surface area contributed by atoms with Gasteiger partial charge >= 0.3 is 0 Å². The van der Waals surface area contributed by atoms with Gasteiger partial charge in [0.05, 0.1) is 6.10 Å². The average Bonchev–Trinajstić information content (AvgIpc) is 2.64. The van der Waals surface area contributed by atoms with Crippen LogP contribution in [0.15, 0.2) is 48.5 Å². The van der Waals surface area contributed by atoms with Gasteiger partial charge < -0.3 is 9.84 Å². The third-order valence-electron chi connectivity index (χ3n) is 4.78. The molecule has 3 rings (SSSR count). The molecule has 0 amide bonds. The van der Waals surface area contributed by atoms with Gasteiger partial charge in [-0.2, -0.15) is 0 Å². The third kappa shape index (κ3) is 5.00. The van der Waals surface area contributed by atoms with Crippen molar-refractivity contribution in [3.63, 3.8) is 0 Å². The van der Waals surface area contributed by atoms with E-state index in [0.29, 0.717) is 12.4 Å². The highest BCUT2D eigenvalue weighted by atomic mass is 19.1. The van der Waals surface area contributed by atoms with Crippen LogP contribution in [0.2, 0.25) is 0 Å². The van der Waals surface area contributed by atoms with Gasteiger partial charge in [0, 0.05) is 6.54 Å². The van der Waals surface area contributed by atoms with Crippen molar-refractivity contribution in [3.8, 4) is 5.75 Å². The van der Waals surface area contributed by atoms with Gasteiger partial charge in [-0.05, 0) is 73.8 Å². The maximum atomic E-state index is 13.0. The molecule has 0 aliphatic carbocycles. The van der Waals surface area contributed by atoms with Gasteiger partial charge in [-0.25, -0.2) is 8.78 Å². The standard InChI is InChI=1S/C20H23F2NO2/c21-17-3-1-15(2-4-17)20(24)16-9-11-23(12-10-16)13-14-25-19-7-5-18(22)6-8-19/h1-8,16,20,24H,9-14H2. The third-order valence-corrected chi connectivity index (χ3v) is 4.78. The highest BCUT2D eigenvalue weighted by Gasteiger charge is 2.26. The number of aliphatic hydroxyl groups is 1. The molecule has 1 aliphatic heterocycles. The molecule has 5 heteroatoms. The van der Waals surface area contributed by atoms with E-state index in [9.17, 15) is 13.9 Å². The van der Waals surface area contributed by atoms with Crippen LogP contribution in [0.1, 0.15) is 24.5 Å². The van der Waals surface area contributed by atoms with Crippen LogP contribution < -0.4 is 4.74 Å². The SMILES string of the molecule is OC(c1ccc(F)cc1)C1CCN(CCOc2ccc(F)cc2)CC1. The Morgan fingerprint density at radius 3 is 2.12 bits per heavy atom. The Morgan fingerprint density at radius 2 is 1.52 bits per heavy atom. The van der Waals surface area contributed by atoms with Crippen molar-refractivity contribution in [2.24, 2.45) is 5.92 Å². The lowest BCUT2D eigenvalue weighted by Crippen LogP contribution is -2.38. The van der Waals surface area contributed by atoms with E-state index in [0.717, 1.165) is 38.0 Å². The number of nitrogens with zero attached hydrogens (tertiary/aromatic N) is 1. The maximum Gasteiger partial charge on any atom is 0.123 e. The van der Waals surface area contributed by atoms with Crippen LogP contribution in [0, 0.1) is 17.6 Å². The summed E-state index contributed by atoms with van der Waals surface area (Å²) in [6.07, 6.45) is 1.25. The van der Waals surface area contributed by atoms with Crippen LogP contribution in [0.25, 0.3) is 0 Å². The number of likely N-dealkylation sites (tertiary alicyclic amines) is 1. The molecule has 0 aromatic heterocycles. The predicted octanol–water partition coefficient (Wildman–Crippen LogP) is 3.79. The highest BCUT2D eigenvalue weighted by Crippen LogP contribution is 2.30. The molecule has 134 valence electrons. The highest BCUT2D eigenvalue weighted by molar-refractivity contribution is 5.22. The van der Waals surface area contributed by atoms with E-state index in [2.05, 4.69) is 4.90 Å². The molecule has 1 unspecified atom stereocenters. The van der Waals surface area contributed by atoms with E-state index < -0.39 is 6.10 Å². The van der Waals surface area contributed by atoms with Gasteiger partial charge in [0.1, 0.15) is 24.0 Å². The van der Waals surface area contributed by atoms with Gasteiger partial charge in [0.15, 0.2) is 0 Å². The van der Waals surface area contributed by atoms with E-state index in [-0.39, 0.29) is 17.6 Å². The second kappa shape index (κ2) is 8.41. The van der Waals surface area contributed by atoms with E-state index >= 15 is 0 Å². The predicted molar refractivity (Wildman–Crippen MR) is 92.4 cm³/mol. The fraction of sp³-hybridized carbons (Fsp3) is 0.400. The molecule has 3 nitrogen and oxygen atoms in total. The second-order valence-electron chi connectivity index (χ2n) is 6.48. The van der Waals surface area contributed by atoms with Crippen molar-refractivity contribution in [1.29, 1.82) is 0 Å². The summed E-state index contributed by atoms with van der Waals surface area (Å²) in [5, 5.41) is 10.5. The first-order valence-electron chi connectivity index (χ1n) is 8.66. The Morgan fingerprint density at radius 1 is 0.960 bits per heavy atom. The van der Waals surface area contributed by atoms with Crippen LogP contribution in [-0.4, -0.2) is 36.2 Å². The van der Waals surface area contributed by atoms with Gasteiger partial charge in [0.25, 0.3) is 0 Å². The number of piperidine rings is 1. The minimum Gasteiger partial charge on any atom is -0.492 e. The summed E-state index contributed by atoms with van der Waals surface area (Å²) >= 11 is 0. The Hall–Kier alpha value is -1.98. The van der Waals surface area contributed by atoms with E-state index in [4.69, 9.17) is 4.74 Å². The lowest BCUT2D eigenvalue weighted by molar-refractivity contribution is 0.0550. The molecule has 1 atom stereocenters. The monoisotopic (exact) mass is 347 g/mol. The molecule has 1 fully saturated rings. The molecule has 0 saturated carbocycles. The second-order valence-corrected chi connectivity index (χ2v) is 6.48. The number of hydrogen-bond donors (Lipinski definition) is 1. The number of ether oxygens (including phenoxy) is 1. The van der Waals surface area contributed by atoms with Crippen LogP contribution in [0.3, 0.4) is 0 Å². The Labute approximate surface area is 146 Å². The van der Waals surface area contributed by atoms with Gasteiger partial charge in [-0.3, -0.25) is 4.90 Å². The van der Waals surface area contributed by atoms with E-state index in [1.165, 1.54) is 24.3 Å². The van der Waals surface area contributed by atoms with Crippen LogP contribution >= 0.6 is 0 Å². The van der Waals surface area contributed by atoms with Gasteiger partial charge in [-0.15, -0.1) is 0 Å². The van der Waals surface area contributed by atoms with Crippen molar-refractivity contribution in [2.45, 2.75) is 18.9 Å². The summed E-state index contributed by atoms with van der Waals surface area (Å²) in [7, 11) is 0. The number of hydrogen-bond acceptors (Lipinski definition) is 3. The molecular weight excluding hydrogens is 324 g/mol. The summed E-state index contributed by atoms with van der Waals surface area (Å²) in [6.45, 7) is 3.15. The molecule has 0 bridgehead atoms. The van der Waals surface area contributed by atoms with Crippen molar-refractivity contribution in [3.05, 3.63) is 65.7 Å². The van der Waals surface area contributed by atoms with Crippen molar-refractivity contribution in [1.82, 2.24) is 4.90 Å². The Balaban J connectivity index is 1.41. The molecule has 1 saturated heterocycles. The summed E-state index contributed by atoms with van der Waals surface area (Å²) in [6, 6.07) is 12.1. The smallest absolute Gasteiger partial charge is 0.123 e. The first-order valence-corrected chi connectivity index (χ1v) is 8.66. The molecule has 0 radical (unpaired) electrons. The van der Waals surface area contributed by atoms with Crippen LogP contribution in [0.5, 0.6) is 5.75 Å². The first-order chi connectivity index (χ1) is 12.1. The maximum absolute atomic E-state index is 13.0. The molecule has 1 aliphatic rings. The first kappa shape index (κ1) is 17.8. The summed E-state index contributed by atoms with van der Waals surface area (Å²) < 4.78 is 31.5. The molecule has 1 heterocycles. The topological polar surface area (TPSA) is 32.7 Å². The minimum absolute atomic E-state index is 0.194. The Bertz CT molecular complexity index is 652. The summed E-state index contributed by atoms with van der Waals surface area (Å²) in [5.74, 6) is 0.309. The lowest BCUT2D eigenvalue weighted by Gasteiger charge is -2.34. The normalized spacial score (nSPS) is 17.4. The Kier molecular flexibility index (Phi) is 6.00. The van der Waals surface area contributed by atoms with E-state index in [1.807, 2.05) is 0 Å². The largest absolute Gasteiger partial charge is 0.492 e. The molecule has 0 spiro atoms. The molecule has 25 heavy (non-hydrogen) atoms. The lowest BCUT2D eigenvalue weighted by atomic mass is 9.87. The minimum atomic E-state index is -0.543. The van der Waals surface area contributed by atoms with Gasteiger partial charge in [0.2, 0.25) is 0 Å². The zero-order chi connectivity index (χ0) is 17.6. The zero-order valence-electron chi connectivity index (χ0n) is 14.1. The van der Waals surface area contributed by atoms with E-state index in [1.54, 1.807) is 24.3 Å². The summed E-state index contributed by atoms with van der Waals surface area (Å²) in [4.78, 5) is 2.30. The quantitative estimate of drug-likeness (QED) is 0.863. The fourth-order valence-corrected chi connectivity index (χ4v) is 3.25. The van der Waals surface area contributed by atoms with Gasteiger partial charge in [-0.1, -0.05) is 12.1 Å². The van der Waals surface area contributed by atoms with Crippen LogP contribution in [-0.2, 0) is 0 Å². The number of halogens is 2. The summed E-state index contributed by atoms with van der Waals surface area (Å²) in [5.41, 5.74) is 0.777.